The molecule has 2 heterocycles. The molecule has 1 aliphatic heterocycles. The standard InChI is InChI=1S/C18H14BrClN2O3/c1-3-14(20)10(2)18(23)22-17-5-4-11(8-21-17)12-6-15-16(7-13(12)19)25-9-24-15/h3-8H,1,9H2,2H3,(H,21,22,23). The molecule has 0 saturated carbocycles. The number of hydrogen-bond acceptors (Lipinski definition) is 4. The lowest BCUT2D eigenvalue weighted by molar-refractivity contribution is -0.112. The van der Waals surface area contributed by atoms with Gasteiger partial charge in [0.15, 0.2) is 11.5 Å². The van der Waals surface area contributed by atoms with Gasteiger partial charge in [-0.25, -0.2) is 4.98 Å². The smallest absolute Gasteiger partial charge is 0.253 e. The number of amides is 1. The van der Waals surface area contributed by atoms with E-state index in [0.717, 1.165) is 15.6 Å². The van der Waals surface area contributed by atoms with Crippen LogP contribution in [0, 0.1) is 0 Å². The van der Waals surface area contributed by atoms with Crippen molar-refractivity contribution < 1.29 is 14.3 Å². The van der Waals surface area contributed by atoms with Gasteiger partial charge < -0.3 is 14.8 Å². The van der Waals surface area contributed by atoms with Gasteiger partial charge in [-0.1, -0.05) is 40.2 Å². The monoisotopic (exact) mass is 420 g/mol. The van der Waals surface area contributed by atoms with Gasteiger partial charge in [-0.15, -0.1) is 0 Å². The highest BCUT2D eigenvalue weighted by molar-refractivity contribution is 9.10. The summed E-state index contributed by atoms with van der Waals surface area (Å²) < 4.78 is 11.6. The van der Waals surface area contributed by atoms with E-state index in [-0.39, 0.29) is 12.7 Å². The number of anilines is 1. The molecule has 128 valence electrons. The van der Waals surface area contributed by atoms with Crippen molar-refractivity contribution in [3.05, 3.63) is 58.2 Å². The van der Waals surface area contributed by atoms with Crippen LogP contribution in [0.25, 0.3) is 11.1 Å². The molecule has 0 fully saturated rings. The minimum Gasteiger partial charge on any atom is -0.454 e. The summed E-state index contributed by atoms with van der Waals surface area (Å²) in [5.74, 6) is 1.50. The molecule has 2 aromatic rings. The number of pyridine rings is 1. The quantitative estimate of drug-likeness (QED) is 0.565. The first-order valence-corrected chi connectivity index (χ1v) is 8.52. The van der Waals surface area contributed by atoms with E-state index in [9.17, 15) is 4.79 Å². The molecule has 0 aliphatic carbocycles. The maximum atomic E-state index is 12.1. The number of fused-ring (bicyclic) bond motifs is 1. The zero-order valence-electron chi connectivity index (χ0n) is 13.3. The normalized spacial score (nSPS) is 13.2. The van der Waals surface area contributed by atoms with Gasteiger partial charge in [0, 0.05) is 32.4 Å². The summed E-state index contributed by atoms with van der Waals surface area (Å²) in [5, 5.41) is 3.00. The topological polar surface area (TPSA) is 60.5 Å². The van der Waals surface area contributed by atoms with Crippen LogP contribution < -0.4 is 14.8 Å². The second-order valence-corrected chi connectivity index (χ2v) is 6.51. The second-order valence-electron chi connectivity index (χ2n) is 5.25. The Kier molecular flexibility index (Phi) is 5.11. The van der Waals surface area contributed by atoms with Gasteiger partial charge in [0.05, 0.1) is 0 Å². The van der Waals surface area contributed by atoms with Crippen LogP contribution in [-0.4, -0.2) is 17.7 Å². The first-order valence-electron chi connectivity index (χ1n) is 7.35. The predicted octanol–water partition coefficient (Wildman–Crippen LogP) is 4.88. The number of rotatable bonds is 4. The van der Waals surface area contributed by atoms with Crippen LogP contribution in [0.3, 0.4) is 0 Å². The van der Waals surface area contributed by atoms with Crippen LogP contribution in [-0.2, 0) is 4.79 Å². The zero-order chi connectivity index (χ0) is 18.0. The van der Waals surface area contributed by atoms with Crippen molar-refractivity contribution in [1.82, 2.24) is 4.98 Å². The molecule has 0 atom stereocenters. The minimum atomic E-state index is -0.325. The Morgan fingerprint density at radius 2 is 2.08 bits per heavy atom. The summed E-state index contributed by atoms with van der Waals surface area (Å²) >= 11 is 9.42. The first kappa shape index (κ1) is 17.5. The van der Waals surface area contributed by atoms with E-state index in [2.05, 4.69) is 32.8 Å². The SMILES string of the molecule is C=CC(Cl)=C(C)C(=O)Nc1ccc(-c2cc3c(cc2Br)OCO3)cn1. The fourth-order valence-corrected chi connectivity index (χ4v) is 2.87. The van der Waals surface area contributed by atoms with E-state index < -0.39 is 0 Å². The van der Waals surface area contributed by atoms with Crippen molar-refractivity contribution >= 4 is 39.3 Å². The Balaban J connectivity index is 1.82. The summed E-state index contributed by atoms with van der Waals surface area (Å²) in [5.41, 5.74) is 2.17. The molecule has 0 saturated heterocycles. The average Bonchev–Trinajstić information content (AvgIpc) is 3.07. The van der Waals surface area contributed by atoms with Gasteiger partial charge >= 0.3 is 0 Å². The molecule has 1 aromatic heterocycles. The van der Waals surface area contributed by atoms with Crippen LogP contribution >= 0.6 is 27.5 Å². The lowest BCUT2D eigenvalue weighted by Crippen LogP contribution is -2.14. The Morgan fingerprint density at radius 1 is 1.36 bits per heavy atom. The van der Waals surface area contributed by atoms with Crippen molar-refractivity contribution in [3.8, 4) is 22.6 Å². The van der Waals surface area contributed by atoms with E-state index in [1.807, 2.05) is 18.2 Å². The summed E-state index contributed by atoms with van der Waals surface area (Å²) in [6.07, 6.45) is 3.09. The van der Waals surface area contributed by atoms with Crippen LogP contribution in [0.4, 0.5) is 5.82 Å². The highest BCUT2D eigenvalue weighted by Crippen LogP contribution is 2.40. The Hall–Kier alpha value is -2.31. The Morgan fingerprint density at radius 3 is 2.72 bits per heavy atom. The van der Waals surface area contributed by atoms with Crippen molar-refractivity contribution in [2.24, 2.45) is 0 Å². The van der Waals surface area contributed by atoms with Crippen molar-refractivity contribution in [3.63, 3.8) is 0 Å². The molecule has 3 rings (SSSR count). The molecule has 1 aliphatic rings. The molecule has 0 unspecified atom stereocenters. The molecular formula is C18H14BrClN2O3. The minimum absolute atomic E-state index is 0.217. The third-order valence-electron chi connectivity index (χ3n) is 3.66. The van der Waals surface area contributed by atoms with Crippen LogP contribution in [0.2, 0.25) is 0 Å². The van der Waals surface area contributed by atoms with E-state index >= 15 is 0 Å². The van der Waals surface area contributed by atoms with E-state index in [0.29, 0.717) is 27.9 Å². The maximum Gasteiger partial charge on any atom is 0.253 e. The largest absolute Gasteiger partial charge is 0.454 e. The van der Waals surface area contributed by atoms with Gasteiger partial charge in [0.2, 0.25) is 6.79 Å². The van der Waals surface area contributed by atoms with Crippen LogP contribution in [0.1, 0.15) is 6.92 Å². The van der Waals surface area contributed by atoms with Gasteiger partial charge in [-0.2, -0.15) is 0 Å². The number of carbonyl (C=O) groups excluding carboxylic acids is 1. The second kappa shape index (κ2) is 7.29. The molecule has 5 nitrogen and oxygen atoms in total. The predicted molar refractivity (Wildman–Crippen MR) is 101 cm³/mol. The van der Waals surface area contributed by atoms with Crippen LogP contribution in [0.5, 0.6) is 11.5 Å². The number of ether oxygens (including phenoxy) is 2. The zero-order valence-corrected chi connectivity index (χ0v) is 15.6. The Labute approximate surface area is 158 Å². The molecule has 25 heavy (non-hydrogen) atoms. The number of carbonyl (C=O) groups is 1. The lowest BCUT2D eigenvalue weighted by atomic mass is 10.1. The number of nitrogens with zero attached hydrogens (tertiary/aromatic N) is 1. The molecule has 7 heteroatoms. The lowest BCUT2D eigenvalue weighted by Gasteiger charge is -2.09. The summed E-state index contributed by atoms with van der Waals surface area (Å²) in [6, 6.07) is 7.33. The maximum absolute atomic E-state index is 12.1. The number of benzene rings is 1. The molecule has 0 spiro atoms. The Bertz CT molecular complexity index is 879. The summed E-state index contributed by atoms with van der Waals surface area (Å²) in [7, 11) is 0. The number of allylic oxidation sites excluding steroid dienone is 2. The molecule has 0 bridgehead atoms. The van der Waals surface area contributed by atoms with Gasteiger partial charge in [-0.05, 0) is 31.2 Å². The fourth-order valence-electron chi connectivity index (χ4n) is 2.24. The molecule has 1 aromatic carbocycles. The van der Waals surface area contributed by atoms with Crippen molar-refractivity contribution in [2.45, 2.75) is 6.92 Å². The van der Waals surface area contributed by atoms with Crippen LogP contribution in [0.15, 0.2) is 58.2 Å². The highest BCUT2D eigenvalue weighted by atomic mass is 79.9. The van der Waals surface area contributed by atoms with Gasteiger partial charge in [0.25, 0.3) is 5.91 Å². The average molecular weight is 422 g/mol. The van der Waals surface area contributed by atoms with Crippen molar-refractivity contribution in [1.29, 1.82) is 0 Å². The first-order chi connectivity index (χ1) is 12.0. The molecule has 1 amide bonds. The molecule has 0 radical (unpaired) electrons. The number of aromatic nitrogens is 1. The molecule has 1 N–H and O–H groups in total. The third kappa shape index (κ3) is 3.70. The van der Waals surface area contributed by atoms with Gasteiger partial charge in [0.1, 0.15) is 5.82 Å². The number of hydrogen-bond donors (Lipinski definition) is 1. The van der Waals surface area contributed by atoms with Gasteiger partial charge in [-0.3, -0.25) is 4.79 Å². The van der Waals surface area contributed by atoms with E-state index in [4.69, 9.17) is 21.1 Å². The van der Waals surface area contributed by atoms with Crippen molar-refractivity contribution in [2.75, 3.05) is 12.1 Å². The summed E-state index contributed by atoms with van der Waals surface area (Å²) in [4.78, 5) is 16.4. The molecular weight excluding hydrogens is 408 g/mol. The third-order valence-corrected chi connectivity index (χ3v) is 4.75. The van der Waals surface area contributed by atoms with E-state index in [1.165, 1.54) is 6.08 Å². The fraction of sp³-hybridized carbons (Fsp3) is 0.111. The number of halogens is 2. The number of nitrogens with one attached hydrogen (secondary N) is 1. The summed E-state index contributed by atoms with van der Waals surface area (Å²) in [6.45, 7) is 5.38. The van der Waals surface area contributed by atoms with E-state index in [1.54, 1.807) is 19.2 Å². The highest BCUT2D eigenvalue weighted by Gasteiger charge is 2.17.